The van der Waals surface area contributed by atoms with Crippen molar-refractivity contribution in [3.63, 3.8) is 0 Å². The highest BCUT2D eigenvalue weighted by Gasteiger charge is 2.24. The normalized spacial score (nSPS) is 12.1. The molecule has 0 saturated heterocycles. The quantitative estimate of drug-likeness (QED) is 0.647. The molecule has 0 radical (unpaired) electrons. The van der Waals surface area contributed by atoms with E-state index in [1.807, 2.05) is 30.3 Å². The van der Waals surface area contributed by atoms with Crippen molar-refractivity contribution in [2.75, 3.05) is 0 Å². The second-order valence-corrected chi connectivity index (χ2v) is 5.82. The predicted molar refractivity (Wildman–Crippen MR) is 84.2 cm³/mol. The molecular formula is C17H23NO4. The maximum atomic E-state index is 12.1. The molecule has 1 unspecified atom stereocenters. The molecule has 1 aromatic rings. The van der Waals surface area contributed by atoms with Gasteiger partial charge in [-0.3, -0.25) is 0 Å². The molecule has 0 aromatic heterocycles. The summed E-state index contributed by atoms with van der Waals surface area (Å²) in [5.74, 6) is -0.519. The van der Waals surface area contributed by atoms with Gasteiger partial charge in [0.05, 0.1) is 0 Å². The van der Waals surface area contributed by atoms with Crippen LogP contribution in [0.4, 0.5) is 4.79 Å². The van der Waals surface area contributed by atoms with Gasteiger partial charge < -0.3 is 14.8 Å². The summed E-state index contributed by atoms with van der Waals surface area (Å²) < 4.78 is 10.4. The molecule has 0 aliphatic heterocycles. The lowest BCUT2D eigenvalue weighted by molar-refractivity contribution is -0.147. The van der Waals surface area contributed by atoms with Crippen LogP contribution in [-0.2, 0) is 20.9 Å². The van der Waals surface area contributed by atoms with Crippen LogP contribution in [0.2, 0.25) is 0 Å². The first kappa shape index (κ1) is 17.8. The molecule has 22 heavy (non-hydrogen) atoms. The Kier molecular flexibility index (Phi) is 6.63. The Bertz CT molecular complexity index is 505. The van der Waals surface area contributed by atoms with E-state index in [9.17, 15) is 9.59 Å². The Morgan fingerprint density at radius 2 is 1.91 bits per heavy atom. The van der Waals surface area contributed by atoms with E-state index in [1.165, 1.54) is 0 Å². The maximum absolute atomic E-state index is 12.1. The van der Waals surface area contributed by atoms with Gasteiger partial charge in [0, 0.05) is 0 Å². The Labute approximate surface area is 131 Å². The van der Waals surface area contributed by atoms with Crippen LogP contribution in [0.15, 0.2) is 43.0 Å². The highest BCUT2D eigenvalue weighted by molar-refractivity contribution is 5.81. The van der Waals surface area contributed by atoms with Crippen LogP contribution in [-0.4, -0.2) is 23.7 Å². The highest BCUT2D eigenvalue weighted by Crippen LogP contribution is 2.08. The van der Waals surface area contributed by atoms with Gasteiger partial charge in [-0.25, -0.2) is 9.59 Å². The molecule has 120 valence electrons. The summed E-state index contributed by atoms with van der Waals surface area (Å²) in [5, 5.41) is 2.50. The smallest absolute Gasteiger partial charge is 0.408 e. The zero-order valence-electron chi connectivity index (χ0n) is 13.3. The Morgan fingerprint density at radius 1 is 1.27 bits per heavy atom. The monoisotopic (exact) mass is 305 g/mol. The third-order valence-corrected chi connectivity index (χ3v) is 2.60. The van der Waals surface area contributed by atoms with Gasteiger partial charge in [0.2, 0.25) is 0 Å². The molecule has 1 aromatic carbocycles. The molecule has 5 nitrogen and oxygen atoms in total. The van der Waals surface area contributed by atoms with Gasteiger partial charge in [0.15, 0.2) is 0 Å². The number of amides is 1. The number of alkyl carbamates (subject to hydrolysis) is 1. The van der Waals surface area contributed by atoms with Crippen molar-refractivity contribution in [1.29, 1.82) is 0 Å². The van der Waals surface area contributed by atoms with Gasteiger partial charge in [0.25, 0.3) is 0 Å². The highest BCUT2D eigenvalue weighted by atomic mass is 16.6. The Morgan fingerprint density at radius 3 is 2.45 bits per heavy atom. The lowest BCUT2D eigenvalue weighted by Gasteiger charge is -2.22. The van der Waals surface area contributed by atoms with E-state index < -0.39 is 23.7 Å². The molecular weight excluding hydrogens is 282 g/mol. The minimum Gasteiger partial charge on any atom is -0.459 e. The van der Waals surface area contributed by atoms with E-state index in [-0.39, 0.29) is 13.0 Å². The molecule has 1 atom stereocenters. The first-order valence-electron chi connectivity index (χ1n) is 7.13. The van der Waals surface area contributed by atoms with Crippen molar-refractivity contribution in [3.05, 3.63) is 48.6 Å². The van der Waals surface area contributed by atoms with Gasteiger partial charge in [-0.1, -0.05) is 36.4 Å². The van der Waals surface area contributed by atoms with Crippen molar-refractivity contribution in [2.45, 2.75) is 45.4 Å². The number of carbonyl (C=O) groups is 2. The second kappa shape index (κ2) is 8.22. The van der Waals surface area contributed by atoms with E-state index in [0.717, 1.165) is 5.56 Å². The van der Waals surface area contributed by atoms with Gasteiger partial charge >= 0.3 is 12.1 Å². The fraction of sp³-hybridized carbons (Fsp3) is 0.412. The summed E-state index contributed by atoms with van der Waals surface area (Å²) in [5.41, 5.74) is 0.252. The van der Waals surface area contributed by atoms with Crippen LogP contribution in [0, 0.1) is 0 Å². The number of benzene rings is 1. The van der Waals surface area contributed by atoms with Crippen molar-refractivity contribution in [3.8, 4) is 0 Å². The molecule has 0 aliphatic rings. The number of esters is 1. The summed E-state index contributed by atoms with van der Waals surface area (Å²) in [6.45, 7) is 9.00. The number of rotatable bonds is 6. The van der Waals surface area contributed by atoms with Gasteiger partial charge in [-0.05, 0) is 32.8 Å². The van der Waals surface area contributed by atoms with Crippen LogP contribution in [0.3, 0.4) is 0 Å². The lowest BCUT2D eigenvalue weighted by atomic mass is 10.2. The van der Waals surface area contributed by atoms with E-state index in [2.05, 4.69) is 11.9 Å². The van der Waals surface area contributed by atoms with Gasteiger partial charge in [0.1, 0.15) is 18.2 Å². The van der Waals surface area contributed by atoms with Gasteiger partial charge in [-0.2, -0.15) is 0 Å². The molecule has 0 saturated carbocycles. The predicted octanol–water partition coefficient (Wildman–Crippen LogP) is 3.20. The SMILES string of the molecule is C=CCC(NC(=O)OC(C)(C)C)C(=O)OCc1ccccc1. The standard InChI is InChI=1S/C17H23NO4/c1-5-9-14(18-16(20)22-17(2,3)4)15(19)21-12-13-10-7-6-8-11-13/h5-8,10-11,14H,1,9,12H2,2-4H3,(H,18,20). The maximum Gasteiger partial charge on any atom is 0.408 e. The fourth-order valence-electron chi connectivity index (χ4n) is 1.66. The third-order valence-electron chi connectivity index (χ3n) is 2.60. The molecule has 0 fully saturated rings. The van der Waals surface area contributed by atoms with Crippen LogP contribution < -0.4 is 5.32 Å². The van der Waals surface area contributed by atoms with Crippen LogP contribution in [0.5, 0.6) is 0 Å². The zero-order chi connectivity index (χ0) is 16.6. The van der Waals surface area contributed by atoms with Crippen molar-refractivity contribution < 1.29 is 19.1 Å². The molecule has 5 heteroatoms. The largest absolute Gasteiger partial charge is 0.459 e. The van der Waals surface area contributed by atoms with E-state index in [4.69, 9.17) is 9.47 Å². The molecule has 0 aliphatic carbocycles. The van der Waals surface area contributed by atoms with E-state index >= 15 is 0 Å². The number of ether oxygens (including phenoxy) is 2. The number of hydrogen-bond donors (Lipinski definition) is 1. The number of nitrogens with one attached hydrogen (secondary N) is 1. The average molecular weight is 305 g/mol. The summed E-state index contributed by atoms with van der Waals surface area (Å²) in [6.07, 6.45) is 1.16. The first-order chi connectivity index (χ1) is 10.3. The van der Waals surface area contributed by atoms with Crippen LogP contribution in [0.1, 0.15) is 32.8 Å². The number of carbonyl (C=O) groups excluding carboxylic acids is 2. The molecule has 1 rings (SSSR count). The Hall–Kier alpha value is -2.30. The minimum atomic E-state index is -0.809. The Balaban J connectivity index is 2.56. The topological polar surface area (TPSA) is 64.6 Å². The lowest BCUT2D eigenvalue weighted by Crippen LogP contribution is -2.44. The van der Waals surface area contributed by atoms with Crippen LogP contribution >= 0.6 is 0 Å². The molecule has 1 N–H and O–H groups in total. The zero-order valence-corrected chi connectivity index (χ0v) is 13.3. The summed E-state index contributed by atoms with van der Waals surface area (Å²) >= 11 is 0. The summed E-state index contributed by atoms with van der Waals surface area (Å²) in [6, 6.07) is 8.52. The van der Waals surface area contributed by atoms with Crippen molar-refractivity contribution in [1.82, 2.24) is 5.32 Å². The third kappa shape index (κ3) is 6.92. The van der Waals surface area contributed by atoms with E-state index in [0.29, 0.717) is 0 Å². The summed E-state index contributed by atoms with van der Waals surface area (Å²) in [4.78, 5) is 23.8. The average Bonchev–Trinajstić information content (AvgIpc) is 2.43. The van der Waals surface area contributed by atoms with Crippen molar-refractivity contribution in [2.24, 2.45) is 0 Å². The fourth-order valence-corrected chi connectivity index (χ4v) is 1.66. The van der Waals surface area contributed by atoms with Crippen LogP contribution in [0.25, 0.3) is 0 Å². The molecule has 1 amide bonds. The first-order valence-corrected chi connectivity index (χ1v) is 7.13. The van der Waals surface area contributed by atoms with E-state index in [1.54, 1.807) is 26.8 Å². The molecule has 0 heterocycles. The summed E-state index contributed by atoms with van der Waals surface area (Å²) in [7, 11) is 0. The molecule has 0 spiro atoms. The van der Waals surface area contributed by atoms with Crippen molar-refractivity contribution >= 4 is 12.1 Å². The number of hydrogen-bond acceptors (Lipinski definition) is 4. The van der Waals surface area contributed by atoms with Gasteiger partial charge in [-0.15, -0.1) is 6.58 Å². The molecule has 0 bridgehead atoms. The minimum absolute atomic E-state index is 0.156. The second-order valence-electron chi connectivity index (χ2n) is 5.82.